The van der Waals surface area contributed by atoms with Crippen LogP contribution in [0.25, 0.3) is 0 Å². The molecule has 1 rings (SSSR count). The highest BCUT2D eigenvalue weighted by Gasteiger charge is 2.30. The monoisotopic (exact) mass is 348 g/mol. The fourth-order valence-corrected chi connectivity index (χ4v) is 2.58. The van der Waals surface area contributed by atoms with Gasteiger partial charge >= 0.3 is 10.1 Å². The molecule has 10 heteroatoms. The summed E-state index contributed by atoms with van der Waals surface area (Å²) in [5.41, 5.74) is 5.22. The third kappa shape index (κ3) is 4.55. The molecule has 0 aliphatic heterocycles. The average molecular weight is 348 g/mol. The summed E-state index contributed by atoms with van der Waals surface area (Å²) in [6, 6.07) is 4.85. The van der Waals surface area contributed by atoms with Crippen molar-refractivity contribution in [3.63, 3.8) is 0 Å². The highest BCUT2D eigenvalue weighted by atomic mass is 32.2. The van der Waals surface area contributed by atoms with E-state index < -0.39 is 43.5 Å². The van der Waals surface area contributed by atoms with Crippen molar-refractivity contribution in [3.05, 3.63) is 40.0 Å². The average Bonchev–Trinajstić information content (AvgIpc) is 2.36. The van der Waals surface area contributed by atoms with E-state index in [4.69, 9.17) is 10.3 Å². The van der Waals surface area contributed by atoms with Gasteiger partial charge in [-0.05, 0) is 25.1 Å². The number of anilines is 1. The predicted octanol–water partition coefficient (Wildman–Crippen LogP) is 0.915. The normalized spacial score (nSPS) is 14.0. The number of amides is 1. The third-order valence-electron chi connectivity index (χ3n) is 2.56. The van der Waals surface area contributed by atoms with E-state index in [0.717, 1.165) is 19.1 Å². The maximum atomic E-state index is 13.0. The van der Waals surface area contributed by atoms with Gasteiger partial charge in [-0.15, -0.1) is 12.6 Å². The van der Waals surface area contributed by atoms with E-state index in [0.29, 0.717) is 0 Å². The molecular formula is C12H13FN2O5S2. The molecule has 0 radical (unpaired) electrons. The molecule has 0 aliphatic carbocycles. The van der Waals surface area contributed by atoms with Crippen molar-refractivity contribution >= 4 is 40.1 Å². The first kappa shape index (κ1) is 18.1. The van der Waals surface area contributed by atoms with Crippen molar-refractivity contribution in [2.24, 2.45) is 11.7 Å². The predicted molar refractivity (Wildman–Crippen MR) is 80.9 cm³/mol. The summed E-state index contributed by atoms with van der Waals surface area (Å²) in [5.74, 6) is -4.00. The van der Waals surface area contributed by atoms with E-state index in [2.05, 4.69) is 17.9 Å². The zero-order chi connectivity index (χ0) is 17.1. The van der Waals surface area contributed by atoms with Crippen LogP contribution >= 0.6 is 12.6 Å². The lowest BCUT2D eigenvalue weighted by Gasteiger charge is -2.15. The van der Waals surface area contributed by atoms with Crippen LogP contribution in [0.1, 0.15) is 6.92 Å². The summed E-state index contributed by atoms with van der Waals surface area (Å²) < 4.78 is 43.8. The first-order valence-corrected chi connectivity index (χ1v) is 7.65. The maximum absolute atomic E-state index is 13.0. The number of rotatable bonds is 5. The Hall–Kier alpha value is -1.91. The van der Waals surface area contributed by atoms with Crippen molar-refractivity contribution < 1.29 is 27.0 Å². The number of thiol groups is 1. The minimum Gasteiger partial charge on any atom is -0.387 e. The molecule has 0 aliphatic rings. The van der Waals surface area contributed by atoms with Crippen molar-refractivity contribution in [3.8, 4) is 0 Å². The molecule has 0 spiro atoms. The third-order valence-corrected chi connectivity index (χ3v) is 3.99. The van der Waals surface area contributed by atoms with Crippen molar-refractivity contribution in [1.82, 2.24) is 0 Å². The van der Waals surface area contributed by atoms with Crippen LogP contribution in [-0.4, -0.2) is 24.7 Å². The molecule has 0 fully saturated rings. The molecule has 4 N–H and O–H groups in total. The van der Waals surface area contributed by atoms with Crippen LogP contribution in [-0.2, 0) is 19.7 Å². The molecule has 22 heavy (non-hydrogen) atoms. The minimum atomic E-state index is -4.80. The molecule has 0 saturated heterocycles. The molecule has 1 atom stereocenters. The molecule has 1 unspecified atom stereocenters. The lowest BCUT2D eigenvalue weighted by molar-refractivity contribution is -0.128. The van der Waals surface area contributed by atoms with Gasteiger partial charge in [-0.3, -0.25) is 14.1 Å². The van der Waals surface area contributed by atoms with Crippen LogP contribution in [0.4, 0.5) is 10.1 Å². The van der Waals surface area contributed by atoms with Gasteiger partial charge in [0.2, 0.25) is 5.91 Å². The summed E-state index contributed by atoms with van der Waals surface area (Å²) in [6.45, 7) is 1.02. The summed E-state index contributed by atoms with van der Waals surface area (Å²) >= 11 is 3.74. The van der Waals surface area contributed by atoms with Gasteiger partial charge in [0.25, 0.3) is 0 Å². The van der Waals surface area contributed by atoms with Crippen molar-refractivity contribution in [1.29, 1.82) is 0 Å². The number of hydrogen-bond donors (Lipinski definition) is 4. The van der Waals surface area contributed by atoms with E-state index >= 15 is 0 Å². The smallest absolute Gasteiger partial charge is 0.310 e. The highest BCUT2D eigenvalue weighted by molar-refractivity contribution is 7.91. The summed E-state index contributed by atoms with van der Waals surface area (Å²) in [4.78, 5) is 23.0. The van der Waals surface area contributed by atoms with Crippen LogP contribution in [0, 0.1) is 11.7 Å². The number of nitrogens with one attached hydrogen (secondary N) is 1. The number of benzene rings is 1. The van der Waals surface area contributed by atoms with E-state index in [1.165, 1.54) is 12.1 Å². The van der Waals surface area contributed by atoms with E-state index in [1.807, 2.05) is 0 Å². The van der Waals surface area contributed by atoms with Gasteiger partial charge in [0, 0.05) is 10.6 Å². The van der Waals surface area contributed by atoms with Crippen LogP contribution in [0.3, 0.4) is 0 Å². The maximum Gasteiger partial charge on any atom is 0.310 e. The van der Waals surface area contributed by atoms with Crippen molar-refractivity contribution in [2.45, 2.75) is 6.92 Å². The zero-order valence-electron chi connectivity index (χ0n) is 11.3. The highest BCUT2D eigenvalue weighted by Crippen LogP contribution is 2.23. The number of carbonyl (C=O) groups excluding carboxylic acids is 2. The van der Waals surface area contributed by atoms with Gasteiger partial charge in [0.15, 0.2) is 5.03 Å². The lowest BCUT2D eigenvalue weighted by atomic mass is 10.0. The van der Waals surface area contributed by atoms with E-state index in [-0.39, 0.29) is 5.69 Å². The molecule has 0 aromatic heterocycles. The van der Waals surface area contributed by atoms with Crippen LogP contribution in [0.5, 0.6) is 0 Å². The minimum absolute atomic E-state index is 0.0582. The standard InChI is InChI=1S/C12H13FN2O5S2/c1-6(16)9(10(21)11(14)22(18,19)20)12(17)15-8-4-2-3-7(13)5-8/h2-5,9,21H,14H2,1H3,(H,15,17)(H,18,19,20)/b11-10+. The Labute approximate surface area is 131 Å². The van der Waals surface area contributed by atoms with Crippen LogP contribution in [0.2, 0.25) is 0 Å². The number of ketones is 1. The molecule has 1 aromatic rings. The van der Waals surface area contributed by atoms with Crippen LogP contribution in [0.15, 0.2) is 34.2 Å². The van der Waals surface area contributed by atoms with Gasteiger partial charge in [-0.2, -0.15) is 8.42 Å². The zero-order valence-corrected chi connectivity index (χ0v) is 13.0. The second kappa shape index (κ2) is 6.90. The van der Waals surface area contributed by atoms with E-state index in [9.17, 15) is 22.4 Å². The molecule has 0 saturated carbocycles. The van der Waals surface area contributed by atoms with Crippen molar-refractivity contribution in [2.75, 3.05) is 5.32 Å². The molecule has 0 bridgehead atoms. The Morgan fingerprint density at radius 2 is 2.00 bits per heavy atom. The Kier molecular flexibility index (Phi) is 5.69. The largest absolute Gasteiger partial charge is 0.387 e. The first-order valence-electron chi connectivity index (χ1n) is 5.77. The second-order valence-corrected chi connectivity index (χ2v) is 6.14. The molecular weight excluding hydrogens is 335 g/mol. The fraction of sp³-hybridized carbons (Fsp3) is 0.167. The number of halogens is 1. The summed E-state index contributed by atoms with van der Waals surface area (Å²) in [7, 11) is -4.80. The Balaban J connectivity index is 3.17. The van der Waals surface area contributed by atoms with Gasteiger partial charge in [0.05, 0.1) is 0 Å². The molecule has 0 heterocycles. The first-order chi connectivity index (χ1) is 10.0. The topological polar surface area (TPSA) is 127 Å². The number of nitrogens with two attached hydrogens (primary N) is 1. The van der Waals surface area contributed by atoms with Gasteiger partial charge in [0.1, 0.15) is 17.5 Å². The van der Waals surface area contributed by atoms with Gasteiger partial charge in [-0.1, -0.05) is 6.07 Å². The number of hydrogen-bond acceptors (Lipinski definition) is 6. The SMILES string of the molecule is CC(=O)C(C(=O)Nc1cccc(F)c1)/C(S)=C(/N)S(=O)(=O)O. The summed E-state index contributed by atoms with van der Waals surface area (Å²) in [5, 5.41) is 1.13. The lowest BCUT2D eigenvalue weighted by Crippen LogP contribution is -2.31. The van der Waals surface area contributed by atoms with Gasteiger partial charge in [-0.25, -0.2) is 4.39 Å². The van der Waals surface area contributed by atoms with Gasteiger partial charge < -0.3 is 11.1 Å². The summed E-state index contributed by atoms with van der Waals surface area (Å²) in [6.07, 6.45) is 0. The number of carbonyl (C=O) groups is 2. The number of Topliss-reactive ketones (excluding diaryl/α,β-unsaturated/α-hetero) is 1. The van der Waals surface area contributed by atoms with Crippen LogP contribution < -0.4 is 11.1 Å². The molecule has 120 valence electrons. The molecule has 1 aromatic carbocycles. The molecule has 7 nitrogen and oxygen atoms in total. The quantitative estimate of drug-likeness (QED) is 0.356. The second-order valence-electron chi connectivity index (χ2n) is 4.27. The van der Waals surface area contributed by atoms with E-state index in [1.54, 1.807) is 0 Å². The molecule has 1 amide bonds. The fourth-order valence-electron chi connectivity index (χ4n) is 1.56. The Morgan fingerprint density at radius 3 is 2.45 bits per heavy atom. The Bertz CT molecular complexity index is 746. The Morgan fingerprint density at radius 1 is 1.41 bits per heavy atom.